The van der Waals surface area contributed by atoms with Crippen LogP contribution in [0.1, 0.15) is 22.6 Å². The van der Waals surface area contributed by atoms with Gasteiger partial charge in [0.25, 0.3) is 0 Å². The van der Waals surface area contributed by atoms with Crippen molar-refractivity contribution < 1.29 is 9.90 Å². The Morgan fingerprint density at radius 3 is 2.81 bits per heavy atom. The van der Waals surface area contributed by atoms with Gasteiger partial charge in [-0.25, -0.2) is 0 Å². The summed E-state index contributed by atoms with van der Waals surface area (Å²) in [6.45, 7) is 3.66. The summed E-state index contributed by atoms with van der Waals surface area (Å²) in [4.78, 5) is 13.7. The van der Waals surface area contributed by atoms with Crippen LogP contribution in [0.4, 0.5) is 5.69 Å². The van der Waals surface area contributed by atoms with E-state index in [1.54, 1.807) is 11.8 Å². The third-order valence-electron chi connectivity index (χ3n) is 3.91. The van der Waals surface area contributed by atoms with Gasteiger partial charge in [0.1, 0.15) is 5.75 Å². The van der Waals surface area contributed by atoms with Crippen LogP contribution >= 0.6 is 11.8 Å². The molecule has 0 spiro atoms. The number of aryl methyl sites for hydroxylation is 1. The van der Waals surface area contributed by atoms with Crippen LogP contribution in [0.15, 0.2) is 41.3 Å². The summed E-state index contributed by atoms with van der Waals surface area (Å²) in [6.07, 6.45) is 0. The number of carbonyl (C=O) groups excluding carboxylic acids is 1. The molecule has 1 aliphatic rings. The first kappa shape index (κ1) is 14.0. The molecule has 3 nitrogen and oxygen atoms in total. The van der Waals surface area contributed by atoms with Gasteiger partial charge in [-0.05, 0) is 37.1 Å². The van der Waals surface area contributed by atoms with Crippen molar-refractivity contribution in [3.05, 3.63) is 53.1 Å². The topological polar surface area (TPSA) is 49.3 Å². The van der Waals surface area contributed by atoms with E-state index in [1.165, 1.54) is 4.90 Å². The number of anilines is 1. The van der Waals surface area contributed by atoms with Gasteiger partial charge >= 0.3 is 0 Å². The Morgan fingerprint density at radius 1 is 1.24 bits per heavy atom. The van der Waals surface area contributed by atoms with E-state index >= 15 is 0 Å². The maximum absolute atomic E-state index is 12.5. The minimum Gasteiger partial charge on any atom is -0.507 e. The molecule has 0 bridgehead atoms. The fourth-order valence-corrected chi connectivity index (χ4v) is 3.80. The van der Waals surface area contributed by atoms with Crippen molar-refractivity contribution in [2.24, 2.45) is 0 Å². The van der Waals surface area contributed by atoms with E-state index in [4.69, 9.17) is 0 Å². The number of rotatable bonds is 2. The number of carbonyl (C=O) groups is 1. The van der Waals surface area contributed by atoms with Gasteiger partial charge in [0.15, 0.2) is 0 Å². The van der Waals surface area contributed by atoms with Crippen LogP contribution in [-0.4, -0.2) is 16.8 Å². The van der Waals surface area contributed by atoms with Crippen LogP contribution in [0.3, 0.4) is 0 Å². The van der Waals surface area contributed by atoms with E-state index in [1.807, 2.05) is 44.2 Å². The Kier molecular flexibility index (Phi) is 3.64. The lowest BCUT2D eigenvalue weighted by atomic mass is 10.00. The molecule has 0 aromatic heterocycles. The summed E-state index contributed by atoms with van der Waals surface area (Å²) in [5, 5.41) is 12.9. The number of aromatic hydroxyl groups is 1. The number of benzene rings is 2. The molecule has 1 aliphatic heterocycles. The first-order chi connectivity index (χ1) is 10.1. The largest absolute Gasteiger partial charge is 0.507 e. The Morgan fingerprint density at radius 2 is 2.00 bits per heavy atom. The predicted octanol–water partition coefficient (Wildman–Crippen LogP) is 3.84. The zero-order valence-corrected chi connectivity index (χ0v) is 12.8. The molecule has 1 amide bonds. The fourth-order valence-electron chi connectivity index (χ4n) is 2.57. The Hall–Kier alpha value is -1.94. The summed E-state index contributed by atoms with van der Waals surface area (Å²) in [5.74, 6) is 0.865. The zero-order chi connectivity index (χ0) is 15.0. The maximum Gasteiger partial charge on any atom is 0.232 e. The molecule has 21 heavy (non-hydrogen) atoms. The summed E-state index contributed by atoms with van der Waals surface area (Å²) >= 11 is 1.71. The molecule has 0 aliphatic carbocycles. The first-order valence-electron chi connectivity index (χ1n) is 6.89. The van der Waals surface area contributed by atoms with Crippen molar-refractivity contribution in [1.29, 1.82) is 0 Å². The van der Waals surface area contributed by atoms with Crippen LogP contribution < -0.4 is 5.32 Å². The normalized spacial score (nSPS) is 16.6. The third kappa shape index (κ3) is 2.51. The molecule has 0 saturated heterocycles. The number of fused-ring (bicyclic) bond motifs is 1. The number of thioether (sulfide) groups is 1. The smallest absolute Gasteiger partial charge is 0.232 e. The number of phenolic OH excluding ortho intramolecular Hbond substituents is 1. The monoisotopic (exact) mass is 299 g/mol. The van der Waals surface area contributed by atoms with Gasteiger partial charge in [0.2, 0.25) is 5.91 Å². The zero-order valence-electron chi connectivity index (χ0n) is 12.0. The summed E-state index contributed by atoms with van der Waals surface area (Å²) in [7, 11) is 0. The number of hydrogen-bond acceptors (Lipinski definition) is 3. The third-order valence-corrected chi connectivity index (χ3v) is 5.09. The molecule has 1 atom stereocenters. The molecular formula is C17H17NO2S. The second-order valence-corrected chi connectivity index (χ2v) is 6.36. The summed E-state index contributed by atoms with van der Waals surface area (Å²) in [6, 6.07) is 11.7. The van der Waals surface area contributed by atoms with Gasteiger partial charge in [-0.3, -0.25) is 4.79 Å². The second kappa shape index (κ2) is 5.45. The standard InChI is InChI=1S/C17H17NO2S/c1-10-7-8-14(11(2)16(10)19)18-17(20)13-9-21-15-6-4-3-5-12(13)15/h3-8,13,19H,9H2,1-2H3,(H,18,20). The van der Waals surface area contributed by atoms with E-state index in [-0.39, 0.29) is 17.6 Å². The predicted molar refractivity (Wildman–Crippen MR) is 86.1 cm³/mol. The fraction of sp³-hybridized carbons (Fsp3) is 0.235. The molecule has 2 aromatic rings. The van der Waals surface area contributed by atoms with E-state index in [2.05, 4.69) is 11.4 Å². The summed E-state index contributed by atoms with van der Waals surface area (Å²) in [5.41, 5.74) is 3.29. The van der Waals surface area contributed by atoms with E-state index in [0.717, 1.165) is 16.9 Å². The van der Waals surface area contributed by atoms with Gasteiger partial charge in [-0.2, -0.15) is 0 Å². The SMILES string of the molecule is Cc1ccc(NC(=O)C2CSc3ccccc32)c(C)c1O. The quantitative estimate of drug-likeness (QED) is 0.886. The van der Waals surface area contributed by atoms with Crippen LogP contribution in [0.5, 0.6) is 5.75 Å². The van der Waals surface area contributed by atoms with Crippen LogP contribution in [0.2, 0.25) is 0 Å². The van der Waals surface area contributed by atoms with Gasteiger partial charge in [-0.15, -0.1) is 11.8 Å². The minimum atomic E-state index is -0.131. The van der Waals surface area contributed by atoms with Crippen molar-refractivity contribution >= 4 is 23.4 Å². The van der Waals surface area contributed by atoms with Gasteiger partial charge < -0.3 is 10.4 Å². The van der Waals surface area contributed by atoms with Crippen molar-refractivity contribution in [3.8, 4) is 5.75 Å². The van der Waals surface area contributed by atoms with Crippen molar-refractivity contribution in [2.75, 3.05) is 11.1 Å². The Labute approximate surface area is 128 Å². The van der Waals surface area contributed by atoms with E-state index in [9.17, 15) is 9.90 Å². The number of hydrogen-bond donors (Lipinski definition) is 2. The Balaban J connectivity index is 1.84. The van der Waals surface area contributed by atoms with Crippen molar-refractivity contribution in [3.63, 3.8) is 0 Å². The molecule has 1 heterocycles. The summed E-state index contributed by atoms with van der Waals surface area (Å²) < 4.78 is 0. The van der Waals surface area contributed by atoms with Gasteiger partial charge in [0.05, 0.1) is 5.92 Å². The molecule has 2 N–H and O–H groups in total. The highest BCUT2D eigenvalue weighted by atomic mass is 32.2. The van der Waals surface area contributed by atoms with Gasteiger partial charge in [-0.1, -0.05) is 24.3 Å². The maximum atomic E-state index is 12.5. The molecule has 2 aromatic carbocycles. The van der Waals surface area contributed by atoms with Gasteiger partial charge in [0, 0.05) is 21.9 Å². The van der Waals surface area contributed by atoms with Crippen molar-refractivity contribution in [2.45, 2.75) is 24.7 Å². The van der Waals surface area contributed by atoms with Crippen molar-refractivity contribution in [1.82, 2.24) is 0 Å². The molecule has 0 saturated carbocycles. The molecule has 4 heteroatoms. The molecule has 3 rings (SSSR count). The highest BCUT2D eigenvalue weighted by Gasteiger charge is 2.29. The average molecular weight is 299 g/mol. The molecule has 0 fully saturated rings. The molecule has 0 radical (unpaired) electrons. The van der Waals surface area contributed by atoms with Crippen LogP contribution in [0, 0.1) is 13.8 Å². The van der Waals surface area contributed by atoms with E-state index < -0.39 is 0 Å². The Bertz CT molecular complexity index is 712. The van der Waals surface area contributed by atoms with Crippen LogP contribution in [-0.2, 0) is 4.79 Å². The lowest BCUT2D eigenvalue weighted by Gasteiger charge is -2.15. The average Bonchev–Trinajstić information content (AvgIpc) is 2.92. The van der Waals surface area contributed by atoms with Crippen LogP contribution in [0.25, 0.3) is 0 Å². The molecular weight excluding hydrogens is 282 g/mol. The number of nitrogens with one attached hydrogen (secondary N) is 1. The first-order valence-corrected chi connectivity index (χ1v) is 7.88. The number of amides is 1. The molecule has 108 valence electrons. The van der Waals surface area contributed by atoms with E-state index in [0.29, 0.717) is 11.3 Å². The molecule has 1 unspecified atom stereocenters. The number of phenols is 1. The second-order valence-electron chi connectivity index (χ2n) is 5.29. The lowest BCUT2D eigenvalue weighted by Crippen LogP contribution is -2.21. The highest BCUT2D eigenvalue weighted by Crippen LogP contribution is 2.40. The lowest BCUT2D eigenvalue weighted by molar-refractivity contribution is -0.117. The minimum absolute atomic E-state index is 0.0150. The highest BCUT2D eigenvalue weighted by molar-refractivity contribution is 7.99.